The standard InChI is InChI=1S/C13H12ClN3O3/c1-8(2)20-10-5-3-9(4-6-10)12-11(17(18)19)7-15-13(14)16-12/h3-8H,1-2H3. The van der Waals surface area contributed by atoms with E-state index in [-0.39, 0.29) is 22.8 Å². The summed E-state index contributed by atoms with van der Waals surface area (Å²) in [6, 6.07) is 6.86. The molecule has 0 amide bonds. The van der Waals surface area contributed by atoms with E-state index in [4.69, 9.17) is 16.3 Å². The minimum absolute atomic E-state index is 0.0342. The van der Waals surface area contributed by atoms with Crippen LogP contribution < -0.4 is 4.74 Å². The average molecular weight is 294 g/mol. The number of nitrogens with zero attached hydrogens (tertiary/aromatic N) is 3. The molecular formula is C13H12ClN3O3. The Hall–Kier alpha value is -2.21. The second-order valence-corrected chi connectivity index (χ2v) is 4.66. The predicted molar refractivity (Wildman–Crippen MR) is 74.9 cm³/mol. The molecule has 0 unspecified atom stereocenters. The molecule has 104 valence electrons. The summed E-state index contributed by atoms with van der Waals surface area (Å²) in [6.45, 7) is 3.84. The van der Waals surface area contributed by atoms with Gasteiger partial charge < -0.3 is 4.74 Å². The SMILES string of the molecule is CC(C)Oc1ccc(-c2nc(Cl)ncc2[N+](=O)[O-])cc1. The Kier molecular flexibility index (Phi) is 4.14. The lowest BCUT2D eigenvalue weighted by Gasteiger charge is -2.10. The summed E-state index contributed by atoms with van der Waals surface area (Å²) in [5, 5.41) is 10.9. The average Bonchev–Trinajstić information content (AvgIpc) is 2.38. The summed E-state index contributed by atoms with van der Waals surface area (Å²) in [5.74, 6) is 0.687. The van der Waals surface area contributed by atoms with Gasteiger partial charge in [0.05, 0.1) is 11.0 Å². The molecule has 0 N–H and O–H groups in total. The third-order valence-electron chi connectivity index (χ3n) is 2.44. The van der Waals surface area contributed by atoms with E-state index in [9.17, 15) is 10.1 Å². The second kappa shape index (κ2) is 5.83. The molecule has 0 aliphatic rings. The summed E-state index contributed by atoms with van der Waals surface area (Å²) < 4.78 is 5.51. The van der Waals surface area contributed by atoms with Crippen LogP contribution in [-0.4, -0.2) is 21.0 Å². The number of hydrogen-bond donors (Lipinski definition) is 0. The maximum atomic E-state index is 11.0. The van der Waals surface area contributed by atoms with Gasteiger partial charge in [0, 0.05) is 5.56 Å². The molecule has 0 atom stereocenters. The third-order valence-corrected chi connectivity index (χ3v) is 2.62. The first-order valence-corrected chi connectivity index (χ1v) is 6.29. The van der Waals surface area contributed by atoms with E-state index < -0.39 is 4.92 Å². The molecule has 2 aromatic rings. The monoisotopic (exact) mass is 293 g/mol. The molecule has 0 spiro atoms. The van der Waals surface area contributed by atoms with Crippen molar-refractivity contribution in [3.63, 3.8) is 0 Å². The Morgan fingerprint density at radius 2 is 1.95 bits per heavy atom. The van der Waals surface area contributed by atoms with Gasteiger partial charge in [0.2, 0.25) is 5.28 Å². The van der Waals surface area contributed by atoms with Crippen molar-refractivity contribution < 1.29 is 9.66 Å². The van der Waals surface area contributed by atoms with Gasteiger partial charge in [0.15, 0.2) is 5.69 Å². The highest BCUT2D eigenvalue weighted by Gasteiger charge is 2.18. The number of ether oxygens (including phenoxy) is 1. The van der Waals surface area contributed by atoms with Crippen LogP contribution in [0, 0.1) is 10.1 Å². The fraction of sp³-hybridized carbons (Fsp3) is 0.231. The molecule has 2 rings (SSSR count). The molecule has 0 saturated heterocycles. The van der Waals surface area contributed by atoms with Crippen molar-refractivity contribution in [3.8, 4) is 17.0 Å². The normalized spacial score (nSPS) is 10.6. The van der Waals surface area contributed by atoms with Crippen molar-refractivity contribution in [2.45, 2.75) is 20.0 Å². The van der Waals surface area contributed by atoms with Crippen LogP contribution in [0.15, 0.2) is 30.5 Å². The third kappa shape index (κ3) is 3.21. The molecule has 1 heterocycles. The minimum Gasteiger partial charge on any atom is -0.491 e. The van der Waals surface area contributed by atoms with Crippen LogP contribution in [0.25, 0.3) is 11.3 Å². The van der Waals surface area contributed by atoms with E-state index in [2.05, 4.69) is 9.97 Å². The van der Waals surface area contributed by atoms with Crippen LogP contribution in [0.5, 0.6) is 5.75 Å². The zero-order valence-electron chi connectivity index (χ0n) is 10.9. The number of hydrogen-bond acceptors (Lipinski definition) is 5. The molecule has 0 fully saturated rings. The number of nitro groups is 1. The summed E-state index contributed by atoms with van der Waals surface area (Å²) in [4.78, 5) is 18.0. The highest BCUT2D eigenvalue weighted by atomic mass is 35.5. The van der Waals surface area contributed by atoms with Crippen LogP contribution in [-0.2, 0) is 0 Å². The van der Waals surface area contributed by atoms with Crippen LogP contribution in [0.2, 0.25) is 5.28 Å². The Balaban J connectivity index is 2.41. The van der Waals surface area contributed by atoms with Gasteiger partial charge >= 0.3 is 5.69 Å². The first-order valence-electron chi connectivity index (χ1n) is 5.91. The van der Waals surface area contributed by atoms with Gasteiger partial charge in [0.1, 0.15) is 11.9 Å². The number of aromatic nitrogens is 2. The Morgan fingerprint density at radius 1 is 1.30 bits per heavy atom. The van der Waals surface area contributed by atoms with Crippen LogP contribution in [0.4, 0.5) is 5.69 Å². The predicted octanol–water partition coefficient (Wildman–Crippen LogP) is 3.49. The molecule has 20 heavy (non-hydrogen) atoms. The molecule has 0 aliphatic heterocycles. The summed E-state index contributed by atoms with van der Waals surface area (Å²) in [6.07, 6.45) is 1.16. The van der Waals surface area contributed by atoms with E-state index in [1.807, 2.05) is 13.8 Å². The molecular weight excluding hydrogens is 282 g/mol. The van der Waals surface area contributed by atoms with Gasteiger partial charge in [-0.25, -0.2) is 9.97 Å². The maximum absolute atomic E-state index is 11.0. The largest absolute Gasteiger partial charge is 0.491 e. The molecule has 6 nitrogen and oxygen atoms in total. The van der Waals surface area contributed by atoms with Crippen molar-refractivity contribution in [2.75, 3.05) is 0 Å². The molecule has 1 aromatic heterocycles. The molecule has 0 aliphatic carbocycles. The minimum atomic E-state index is -0.538. The van der Waals surface area contributed by atoms with Crippen LogP contribution in [0.3, 0.4) is 0 Å². The number of rotatable bonds is 4. The van der Waals surface area contributed by atoms with Crippen molar-refractivity contribution in [1.82, 2.24) is 9.97 Å². The van der Waals surface area contributed by atoms with Crippen molar-refractivity contribution in [3.05, 3.63) is 45.9 Å². The molecule has 0 bridgehead atoms. The first-order chi connectivity index (χ1) is 9.47. The first kappa shape index (κ1) is 14.2. The smallest absolute Gasteiger partial charge is 0.313 e. The topological polar surface area (TPSA) is 78.2 Å². The lowest BCUT2D eigenvalue weighted by Crippen LogP contribution is -2.05. The van der Waals surface area contributed by atoms with Crippen LogP contribution >= 0.6 is 11.6 Å². The lowest BCUT2D eigenvalue weighted by atomic mass is 10.1. The van der Waals surface area contributed by atoms with Crippen molar-refractivity contribution >= 4 is 17.3 Å². The summed E-state index contributed by atoms with van der Waals surface area (Å²) >= 11 is 5.70. The summed E-state index contributed by atoms with van der Waals surface area (Å²) in [5.41, 5.74) is 0.579. The highest BCUT2D eigenvalue weighted by Crippen LogP contribution is 2.29. The van der Waals surface area contributed by atoms with Crippen LogP contribution in [0.1, 0.15) is 13.8 Å². The second-order valence-electron chi connectivity index (χ2n) is 4.32. The highest BCUT2D eigenvalue weighted by molar-refractivity contribution is 6.28. The Labute approximate surface area is 120 Å². The number of halogens is 1. The van der Waals surface area contributed by atoms with Gasteiger partial charge in [-0.2, -0.15) is 0 Å². The zero-order valence-corrected chi connectivity index (χ0v) is 11.7. The fourth-order valence-electron chi connectivity index (χ4n) is 1.66. The van der Waals surface area contributed by atoms with Crippen molar-refractivity contribution in [2.24, 2.45) is 0 Å². The molecule has 0 radical (unpaired) electrons. The van der Waals surface area contributed by atoms with Crippen molar-refractivity contribution in [1.29, 1.82) is 0 Å². The van der Waals surface area contributed by atoms with Gasteiger partial charge in [0.25, 0.3) is 0 Å². The fourth-order valence-corrected chi connectivity index (χ4v) is 1.80. The van der Waals surface area contributed by atoms with E-state index in [0.29, 0.717) is 11.3 Å². The lowest BCUT2D eigenvalue weighted by molar-refractivity contribution is -0.384. The van der Waals surface area contributed by atoms with Gasteiger partial charge in [-0.15, -0.1) is 0 Å². The summed E-state index contributed by atoms with van der Waals surface area (Å²) in [7, 11) is 0. The van der Waals surface area contributed by atoms with E-state index in [0.717, 1.165) is 6.20 Å². The Morgan fingerprint density at radius 3 is 2.50 bits per heavy atom. The zero-order chi connectivity index (χ0) is 14.7. The van der Waals surface area contributed by atoms with Gasteiger partial charge in [-0.1, -0.05) is 0 Å². The number of benzene rings is 1. The van der Waals surface area contributed by atoms with E-state index >= 15 is 0 Å². The van der Waals surface area contributed by atoms with E-state index in [1.165, 1.54) is 0 Å². The van der Waals surface area contributed by atoms with E-state index in [1.54, 1.807) is 24.3 Å². The van der Waals surface area contributed by atoms with Gasteiger partial charge in [-0.05, 0) is 49.7 Å². The Bertz CT molecular complexity index is 629. The molecule has 1 aromatic carbocycles. The molecule has 7 heteroatoms. The molecule has 0 saturated carbocycles. The maximum Gasteiger partial charge on any atom is 0.313 e. The van der Waals surface area contributed by atoms with Gasteiger partial charge in [-0.3, -0.25) is 10.1 Å². The quantitative estimate of drug-likeness (QED) is 0.490.